The van der Waals surface area contributed by atoms with Gasteiger partial charge in [-0.1, -0.05) is 25.1 Å². The van der Waals surface area contributed by atoms with Gasteiger partial charge in [-0.2, -0.15) is 15.1 Å². The van der Waals surface area contributed by atoms with E-state index >= 15 is 0 Å². The molecule has 0 fully saturated rings. The van der Waals surface area contributed by atoms with Crippen LogP contribution in [0.1, 0.15) is 36.7 Å². The van der Waals surface area contributed by atoms with Crippen LogP contribution in [0.3, 0.4) is 0 Å². The first kappa shape index (κ1) is 18.4. The zero-order valence-electron chi connectivity index (χ0n) is 16.1. The van der Waals surface area contributed by atoms with Gasteiger partial charge in [-0.25, -0.2) is 0 Å². The number of amidine groups is 2. The monoisotopic (exact) mass is 391 g/mol. The summed E-state index contributed by atoms with van der Waals surface area (Å²) < 4.78 is 2.14. The number of rotatable bonds is 4. The molecule has 2 aliphatic rings. The van der Waals surface area contributed by atoms with Crippen molar-refractivity contribution in [1.82, 2.24) is 9.58 Å². The maximum atomic E-state index is 12.6. The number of aryl methyl sites for hydroxylation is 1. The van der Waals surface area contributed by atoms with Crippen molar-refractivity contribution in [2.45, 2.75) is 33.6 Å². The second-order valence-electron chi connectivity index (χ2n) is 6.76. The van der Waals surface area contributed by atoms with Gasteiger partial charge in [0.1, 0.15) is 5.04 Å². The number of para-hydroxylation sites is 1. The number of fused-ring (bicyclic) bond motifs is 1. The van der Waals surface area contributed by atoms with E-state index in [1.807, 2.05) is 50.2 Å². The van der Waals surface area contributed by atoms with E-state index in [4.69, 9.17) is 5.41 Å². The number of hydrogen-bond donors (Lipinski definition) is 1. The largest absolute Gasteiger partial charge is 0.318 e. The van der Waals surface area contributed by atoms with Crippen LogP contribution in [0.4, 0.5) is 0 Å². The topological polar surface area (TPSA) is 73.8 Å². The number of aliphatic imine (C=N–C) groups is 1. The maximum absolute atomic E-state index is 12.6. The molecule has 1 amide bonds. The summed E-state index contributed by atoms with van der Waals surface area (Å²) in [5.41, 5.74) is 4.31. The summed E-state index contributed by atoms with van der Waals surface area (Å²) in [7, 11) is 0. The maximum Gasteiger partial charge on any atom is 0.283 e. The molecule has 0 saturated heterocycles. The summed E-state index contributed by atoms with van der Waals surface area (Å²) in [4.78, 5) is 16.8. The first-order valence-corrected chi connectivity index (χ1v) is 10.0. The molecule has 0 spiro atoms. The lowest BCUT2D eigenvalue weighted by Gasteiger charge is -2.20. The Kier molecular flexibility index (Phi) is 4.77. The number of amides is 1. The molecule has 1 aromatic heterocycles. The van der Waals surface area contributed by atoms with Crippen molar-refractivity contribution in [3.63, 3.8) is 0 Å². The van der Waals surface area contributed by atoms with Crippen molar-refractivity contribution in [2.75, 3.05) is 0 Å². The number of benzene rings is 1. The van der Waals surface area contributed by atoms with Crippen LogP contribution in [-0.4, -0.2) is 31.5 Å². The van der Waals surface area contributed by atoms with Crippen molar-refractivity contribution >= 4 is 39.8 Å². The van der Waals surface area contributed by atoms with Gasteiger partial charge in [0.25, 0.3) is 5.91 Å². The van der Waals surface area contributed by atoms with E-state index in [1.165, 1.54) is 16.8 Å². The Morgan fingerprint density at radius 3 is 2.68 bits per heavy atom. The number of nitrogens with zero attached hydrogens (tertiary/aromatic N) is 4. The zero-order valence-corrected chi connectivity index (χ0v) is 16.9. The van der Waals surface area contributed by atoms with Crippen LogP contribution < -0.4 is 0 Å². The number of aromatic nitrogens is 1. The van der Waals surface area contributed by atoms with Crippen LogP contribution in [0.25, 0.3) is 11.8 Å². The van der Waals surface area contributed by atoms with Gasteiger partial charge in [0, 0.05) is 17.1 Å². The van der Waals surface area contributed by atoms with Gasteiger partial charge in [0.2, 0.25) is 5.17 Å². The number of hydrazone groups is 1. The van der Waals surface area contributed by atoms with Crippen molar-refractivity contribution in [3.8, 4) is 5.69 Å². The highest BCUT2D eigenvalue weighted by Crippen LogP contribution is 2.30. The predicted octanol–water partition coefficient (Wildman–Crippen LogP) is 4.51. The van der Waals surface area contributed by atoms with E-state index in [2.05, 4.69) is 21.6 Å². The normalized spacial score (nSPS) is 17.8. The van der Waals surface area contributed by atoms with Gasteiger partial charge < -0.3 is 4.57 Å². The van der Waals surface area contributed by atoms with Crippen LogP contribution in [0, 0.1) is 19.3 Å². The van der Waals surface area contributed by atoms with Crippen molar-refractivity contribution < 1.29 is 4.79 Å². The first-order valence-electron chi connectivity index (χ1n) is 9.23. The van der Waals surface area contributed by atoms with Crippen LogP contribution in [-0.2, 0) is 4.79 Å². The third-order valence-corrected chi connectivity index (χ3v) is 5.71. The van der Waals surface area contributed by atoms with Crippen LogP contribution in [0.15, 0.2) is 52.1 Å². The predicted molar refractivity (Wildman–Crippen MR) is 115 cm³/mol. The molecule has 1 N–H and O–H groups in total. The van der Waals surface area contributed by atoms with E-state index in [1.54, 1.807) is 6.08 Å². The van der Waals surface area contributed by atoms with E-state index < -0.39 is 0 Å². The number of carbonyl (C=O) groups excluding carboxylic acids is 1. The fourth-order valence-corrected chi connectivity index (χ4v) is 4.40. The van der Waals surface area contributed by atoms with Gasteiger partial charge in [0.05, 0.1) is 5.57 Å². The molecule has 3 heterocycles. The summed E-state index contributed by atoms with van der Waals surface area (Å²) in [5, 5.41) is 15.8. The molecule has 2 aliphatic heterocycles. The van der Waals surface area contributed by atoms with Crippen molar-refractivity contribution in [2.24, 2.45) is 10.1 Å². The van der Waals surface area contributed by atoms with Crippen LogP contribution in [0.2, 0.25) is 0 Å². The average Bonchev–Trinajstić information content (AvgIpc) is 3.20. The number of hydrogen-bond acceptors (Lipinski definition) is 4. The third-order valence-electron chi connectivity index (χ3n) is 4.74. The van der Waals surface area contributed by atoms with Crippen molar-refractivity contribution in [3.05, 3.63) is 58.9 Å². The lowest BCUT2D eigenvalue weighted by molar-refractivity contribution is -0.114. The number of carbonyl (C=O) groups is 1. The van der Waals surface area contributed by atoms with E-state index in [-0.39, 0.29) is 17.3 Å². The molecule has 1 aromatic carbocycles. The van der Waals surface area contributed by atoms with Crippen LogP contribution in [0.5, 0.6) is 0 Å². The highest BCUT2D eigenvalue weighted by Gasteiger charge is 2.35. The van der Waals surface area contributed by atoms with Gasteiger partial charge in [0.15, 0.2) is 5.84 Å². The zero-order chi connectivity index (χ0) is 19.8. The Morgan fingerprint density at radius 2 is 1.96 bits per heavy atom. The van der Waals surface area contributed by atoms with E-state index in [9.17, 15) is 4.79 Å². The third kappa shape index (κ3) is 3.11. The molecule has 0 bridgehead atoms. The molecule has 28 heavy (non-hydrogen) atoms. The molecule has 0 aliphatic carbocycles. The summed E-state index contributed by atoms with van der Waals surface area (Å²) in [6, 6.07) is 12.1. The minimum atomic E-state index is -0.388. The standard InChI is InChI=1S/C21H21N5OS/c1-4-8-18-24-26-19(22)17(20(27)23-21(26)28-18)12-15-11-13(2)25(14(15)3)16-9-6-5-7-10-16/h5-7,9-12,22H,4,8H2,1-3H3/b17-12-,22-19?. The smallest absolute Gasteiger partial charge is 0.283 e. The van der Waals surface area contributed by atoms with Gasteiger partial charge in [-0.15, -0.1) is 0 Å². The average molecular weight is 392 g/mol. The minimum absolute atomic E-state index is 0.0816. The van der Waals surface area contributed by atoms with Gasteiger partial charge in [-0.05, 0) is 68.3 Å². The number of thioether (sulfide) groups is 1. The van der Waals surface area contributed by atoms with Gasteiger partial charge in [-0.3, -0.25) is 10.2 Å². The van der Waals surface area contributed by atoms with Crippen LogP contribution >= 0.6 is 11.8 Å². The quantitative estimate of drug-likeness (QED) is 0.779. The van der Waals surface area contributed by atoms with E-state index in [0.717, 1.165) is 40.5 Å². The Morgan fingerprint density at radius 1 is 1.21 bits per heavy atom. The molecule has 0 radical (unpaired) electrons. The number of nitrogens with one attached hydrogen (secondary N) is 1. The second-order valence-corrected chi connectivity index (χ2v) is 7.80. The summed E-state index contributed by atoms with van der Waals surface area (Å²) in [5.74, 6) is -0.306. The molecule has 7 heteroatoms. The summed E-state index contributed by atoms with van der Waals surface area (Å²) in [6.07, 6.45) is 3.53. The Balaban J connectivity index is 1.73. The Labute approximate surface area is 168 Å². The molecule has 6 nitrogen and oxygen atoms in total. The second kappa shape index (κ2) is 7.24. The molecular weight excluding hydrogens is 370 g/mol. The molecule has 4 rings (SSSR count). The fraction of sp³-hybridized carbons (Fsp3) is 0.238. The highest BCUT2D eigenvalue weighted by molar-refractivity contribution is 8.26. The highest BCUT2D eigenvalue weighted by atomic mass is 32.2. The lowest BCUT2D eigenvalue weighted by Crippen LogP contribution is -2.35. The Hall–Kier alpha value is -2.93. The SMILES string of the molecule is CCCC1=NN2C(=N)/C(=C/c3cc(C)n(-c4ccccc4)c3C)C(=O)N=C2S1. The lowest BCUT2D eigenvalue weighted by atomic mass is 10.1. The first-order chi connectivity index (χ1) is 13.5. The molecule has 0 saturated carbocycles. The van der Waals surface area contributed by atoms with E-state index in [0.29, 0.717) is 5.17 Å². The van der Waals surface area contributed by atoms with Gasteiger partial charge >= 0.3 is 0 Å². The fourth-order valence-electron chi connectivity index (χ4n) is 3.41. The molecular formula is C21H21N5OS. The summed E-state index contributed by atoms with van der Waals surface area (Å²) >= 11 is 1.37. The molecule has 0 atom stereocenters. The molecule has 0 unspecified atom stereocenters. The Bertz CT molecular complexity index is 1060. The molecule has 142 valence electrons. The minimum Gasteiger partial charge on any atom is -0.318 e. The van der Waals surface area contributed by atoms with Crippen molar-refractivity contribution in [1.29, 1.82) is 5.41 Å². The summed E-state index contributed by atoms with van der Waals surface area (Å²) in [6.45, 7) is 6.12. The molecule has 2 aromatic rings.